The molecule has 1 heterocycles. The van der Waals surface area contributed by atoms with Crippen molar-refractivity contribution in [3.63, 3.8) is 0 Å². The van der Waals surface area contributed by atoms with Gasteiger partial charge in [-0.15, -0.1) is 5.10 Å². The molecule has 0 aliphatic heterocycles. The molecule has 0 spiro atoms. The average Bonchev–Trinajstić information content (AvgIpc) is 3.26. The van der Waals surface area contributed by atoms with Crippen LogP contribution in [0, 0.1) is 0 Å². The first-order valence-corrected chi connectivity index (χ1v) is 10.8. The Bertz CT molecular complexity index is 1010. The number of nitrogens with one attached hydrogen (secondary N) is 1. The molecule has 0 radical (unpaired) electrons. The minimum atomic E-state index is -0.912. The number of amides is 2. The molecule has 0 saturated heterocycles. The minimum absolute atomic E-state index is 0.170. The van der Waals surface area contributed by atoms with Crippen molar-refractivity contribution in [3.8, 4) is 0 Å². The molecule has 6 nitrogen and oxygen atoms in total. The number of carbonyl (C=O) groups is 2. The molecule has 1 atom stereocenters. The van der Waals surface area contributed by atoms with Gasteiger partial charge in [0.1, 0.15) is 6.04 Å². The molecule has 3 aromatic rings. The first-order chi connectivity index (χ1) is 14.3. The Balaban J connectivity index is 2.15. The van der Waals surface area contributed by atoms with Crippen molar-refractivity contribution in [1.82, 2.24) is 14.9 Å². The van der Waals surface area contributed by atoms with Gasteiger partial charge >= 0.3 is 0 Å². The Labute approximate surface area is 185 Å². The second-order valence-corrected chi connectivity index (χ2v) is 8.53. The second-order valence-electron chi connectivity index (χ2n) is 7.49. The van der Waals surface area contributed by atoms with Gasteiger partial charge < -0.3 is 5.32 Å². The number of benzene rings is 2. The van der Waals surface area contributed by atoms with E-state index in [4.69, 9.17) is 11.6 Å². The van der Waals surface area contributed by atoms with Gasteiger partial charge in [0, 0.05) is 21.6 Å². The number of halogens is 1. The van der Waals surface area contributed by atoms with E-state index in [2.05, 4.69) is 14.9 Å². The first-order valence-electron chi connectivity index (χ1n) is 9.55. The molecule has 2 aromatic carbocycles. The molecule has 1 N–H and O–H groups in total. The van der Waals surface area contributed by atoms with Crippen LogP contribution in [0.4, 0.5) is 5.69 Å². The van der Waals surface area contributed by atoms with Crippen molar-refractivity contribution in [2.24, 2.45) is 0 Å². The summed E-state index contributed by atoms with van der Waals surface area (Å²) in [5, 5.41) is 9.02. The van der Waals surface area contributed by atoms with Crippen LogP contribution in [0.25, 0.3) is 0 Å². The number of carbonyl (C=O) groups excluding carboxylic acids is 2. The normalized spacial score (nSPS) is 12.3. The zero-order valence-corrected chi connectivity index (χ0v) is 18.6. The molecule has 30 heavy (non-hydrogen) atoms. The molecule has 3 rings (SSSR count). The quantitative estimate of drug-likeness (QED) is 0.565. The van der Waals surface area contributed by atoms with E-state index in [0.29, 0.717) is 16.3 Å². The topological polar surface area (TPSA) is 75.2 Å². The zero-order valence-electron chi connectivity index (χ0n) is 17.0. The third-order valence-corrected chi connectivity index (χ3v) is 5.59. The highest BCUT2D eigenvalue weighted by Crippen LogP contribution is 2.31. The highest BCUT2D eigenvalue weighted by molar-refractivity contribution is 7.03. The highest BCUT2D eigenvalue weighted by Gasteiger charge is 2.36. The summed E-state index contributed by atoms with van der Waals surface area (Å²) < 4.78 is 3.80. The van der Waals surface area contributed by atoms with Crippen molar-refractivity contribution < 1.29 is 9.59 Å². The van der Waals surface area contributed by atoms with Gasteiger partial charge in [-0.25, -0.2) is 0 Å². The second kappa shape index (κ2) is 9.36. The lowest BCUT2D eigenvalue weighted by Gasteiger charge is -2.34. The summed E-state index contributed by atoms with van der Waals surface area (Å²) in [6, 6.07) is 15.2. The van der Waals surface area contributed by atoms with Crippen LogP contribution in [0.15, 0.2) is 60.0 Å². The molecule has 0 aliphatic rings. The van der Waals surface area contributed by atoms with E-state index in [0.717, 1.165) is 18.0 Å². The predicted octanol–water partition coefficient (Wildman–Crippen LogP) is 4.88. The monoisotopic (exact) mass is 442 g/mol. The van der Waals surface area contributed by atoms with E-state index in [1.54, 1.807) is 29.6 Å². The number of nitrogens with zero attached hydrogens (tertiary/aromatic N) is 3. The summed E-state index contributed by atoms with van der Waals surface area (Å²) in [6.07, 6.45) is 0.737. The molecule has 0 fully saturated rings. The van der Waals surface area contributed by atoms with Gasteiger partial charge in [-0.2, -0.15) is 0 Å². The standard InChI is InChI=1S/C22H23ClN4O2S/c1-4-22(2,3)24-20(28)19(15-9-6-5-7-10-15)27(17-12-8-11-16(23)13-17)21(29)18-14-30-26-25-18/h5-14,19H,4H2,1-3H3,(H,24,28). The number of hydrogen-bond acceptors (Lipinski definition) is 5. The Hall–Kier alpha value is -2.77. The van der Waals surface area contributed by atoms with Gasteiger partial charge in [-0.05, 0) is 55.6 Å². The fraction of sp³-hybridized carbons (Fsp3) is 0.273. The molecule has 8 heteroatoms. The van der Waals surface area contributed by atoms with Crippen molar-refractivity contribution in [2.45, 2.75) is 38.8 Å². The van der Waals surface area contributed by atoms with Gasteiger partial charge in [0.2, 0.25) is 5.91 Å². The Morgan fingerprint density at radius 1 is 1.17 bits per heavy atom. The third-order valence-electron chi connectivity index (χ3n) is 4.85. The van der Waals surface area contributed by atoms with Crippen LogP contribution in [0.3, 0.4) is 0 Å². The highest BCUT2D eigenvalue weighted by atomic mass is 35.5. The van der Waals surface area contributed by atoms with Crippen LogP contribution < -0.4 is 10.2 Å². The van der Waals surface area contributed by atoms with E-state index >= 15 is 0 Å². The molecule has 0 saturated carbocycles. The maximum absolute atomic E-state index is 13.5. The van der Waals surface area contributed by atoms with E-state index in [1.807, 2.05) is 51.1 Å². The SMILES string of the molecule is CCC(C)(C)NC(=O)C(c1ccccc1)N(C(=O)c1csnn1)c1cccc(Cl)c1. The van der Waals surface area contributed by atoms with Gasteiger partial charge in [0.05, 0.1) is 0 Å². The fourth-order valence-electron chi connectivity index (χ4n) is 2.93. The van der Waals surface area contributed by atoms with Crippen LogP contribution in [0.5, 0.6) is 0 Å². The number of rotatable bonds is 7. The minimum Gasteiger partial charge on any atom is -0.349 e. The summed E-state index contributed by atoms with van der Waals surface area (Å²) in [6.45, 7) is 5.89. The van der Waals surface area contributed by atoms with Crippen LogP contribution in [0.1, 0.15) is 49.3 Å². The molecule has 2 amide bonds. The smallest absolute Gasteiger partial charge is 0.280 e. The lowest BCUT2D eigenvalue weighted by molar-refractivity contribution is -0.124. The molecule has 0 bridgehead atoms. The maximum Gasteiger partial charge on any atom is 0.280 e. The molecule has 1 aromatic heterocycles. The Morgan fingerprint density at radius 3 is 2.50 bits per heavy atom. The van der Waals surface area contributed by atoms with Gasteiger partial charge in [0.15, 0.2) is 5.69 Å². The molecular formula is C22H23ClN4O2S. The van der Waals surface area contributed by atoms with Crippen molar-refractivity contribution >= 4 is 40.6 Å². The maximum atomic E-state index is 13.5. The Morgan fingerprint density at radius 2 is 1.90 bits per heavy atom. The molecule has 0 aliphatic carbocycles. The van der Waals surface area contributed by atoms with Crippen LogP contribution >= 0.6 is 23.1 Å². The lowest BCUT2D eigenvalue weighted by atomic mass is 9.98. The van der Waals surface area contributed by atoms with Crippen molar-refractivity contribution in [3.05, 3.63) is 76.3 Å². The molecule has 1 unspecified atom stereocenters. The summed E-state index contributed by atoms with van der Waals surface area (Å²) in [5.74, 6) is -0.714. The predicted molar refractivity (Wildman–Crippen MR) is 120 cm³/mol. The van der Waals surface area contributed by atoms with Crippen molar-refractivity contribution in [2.75, 3.05) is 4.90 Å². The van der Waals surface area contributed by atoms with Crippen LogP contribution in [-0.2, 0) is 4.79 Å². The van der Waals surface area contributed by atoms with Gasteiger partial charge in [-0.3, -0.25) is 14.5 Å². The average molecular weight is 443 g/mol. The van der Waals surface area contributed by atoms with E-state index in [-0.39, 0.29) is 11.6 Å². The molecule has 156 valence electrons. The fourth-order valence-corrected chi connectivity index (χ4v) is 3.55. The number of aromatic nitrogens is 2. The molecular weight excluding hydrogens is 420 g/mol. The number of hydrogen-bond donors (Lipinski definition) is 1. The zero-order chi connectivity index (χ0) is 21.7. The van der Waals surface area contributed by atoms with Crippen LogP contribution in [0.2, 0.25) is 5.02 Å². The first kappa shape index (κ1) is 21.9. The third kappa shape index (κ3) is 5.04. The van der Waals surface area contributed by atoms with Gasteiger partial charge in [-0.1, -0.05) is 59.4 Å². The van der Waals surface area contributed by atoms with E-state index in [9.17, 15) is 9.59 Å². The Kier molecular flexibility index (Phi) is 6.84. The summed E-state index contributed by atoms with van der Waals surface area (Å²) in [7, 11) is 0. The van der Waals surface area contributed by atoms with E-state index in [1.165, 1.54) is 4.90 Å². The summed E-state index contributed by atoms with van der Waals surface area (Å²) in [4.78, 5) is 28.4. The van der Waals surface area contributed by atoms with E-state index < -0.39 is 17.5 Å². The van der Waals surface area contributed by atoms with Gasteiger partial charge in [0.25, 0.3) is 5.91 Å². The van der Waals surface area contributed by atoms with Crippen LogP contribution in [-0.4, -0.2) is 26.9 Å². The largest absolute Gasteiger partial charge is 0.349 e. The van der Waals surface area contributed by atoms with Crippen molar-refractivity contribution in [1.29, 1.82) is 0 Å². The lowest BCUT2D eigenvalue weighted by Crippen LogP contribution is -2.50. The summed E-state index contributed by atoms with van der Waals surface area (Å²) >= 11 is 7.29. The number of anilines is 1. The summed E-state index contributed by atoms with van der Waals surface area (Å²) in [5.41, 5.74) is 0.913.